The van der Waals surface area contributed by atoms with Crippen LogP contribution in [0.5, 0.6) is 0 Å². The highest BCUT2D eigenvalue weighted by Crippen LogP contribution is 2.34. The minimum atomic E-state index is 0.217. The van der Waals surface area contributed by atoms with Crippen molar-refractivity contribution in [3.63, 3.8) is 0 Å². The average molecular weight is 293 g/mol. The number of nitrogens with two attached hydrogens (primary N) is 1. The van der Waals surface area contributed by atoms with Gasteiger partial charge >= 0.3 is 0 Å². The molecule has 1 aromatic rings. The number of carbonyl (C=O) groups excluding carboxylic acids is 1. The molecule has 20 heavy (non-hydrogen) atoms. The van der Waals surface area contributed by atoms with Gasteiger partial charge in [-0.2, -0.15) is 0 Å². The Labute approximate surface area is 124 Å². The van der Waals surface area contributed by atoms with E-state index < -0.39 is 0 Å². The number of likely N-dealkylation sites (tertiary alicyclic amines) is 2. The molecule has 5 heteroatoms. The van der Waals surface area contributed by atoms with Crippen molar-refractivity contribution < 1.29 is 4.79 Å². The zero-order valence-corrected chi connectivity index (χ0v) is 12.8. The molecule has 2 fully saturated rings. The molecule has 2 aliphatic rings. The number of carbonyl (C=O) groups is 1. The second kappa shape index (κ2) is 5.84. The van der Waals surface area contributed by atoms with Crippen LogP contribution in [-0.4, -0.2) is 47.9 Å². The maximum absolute atomic E-state index is 12.6. The van der Waals surface area contributed by atoms with Gasteiger partial charge < -0.3 is 10.6 Å². The van der Waals surface area contributed by atoms with Gasteiger partial charge in [0.2, 0.25) is 5.91 Å². The highest BCUT2D eigenvalue weighted by Gasteiger charge is 2.33. The van der Waals surface area contributed by atoms with E-state index in [1.807, 2.05) is 0 Å². The summed E-state index contributed by atoms with van der Waals surface area (Å²) in [4.78, 5) is 18.2. The van der Waals surface area contributed by atoms with Gasteiger partial charge in [0.1, 0.15) is 0 Å². The number of rotatable bonds is 3. The van der Waals surface area contributed by atoms with E-state index >= 15 is 0 Å². The third-order valence-corrected chi connectivity index (χ3v) is 5.52. The number of thiophene rings is 1. The van der Waals surface area contributed by atoms with Crippen molar-refractivity contribution in [1.29, 1.82) is 0 Å². The van der Waals surface area contributed by atoms with E-state index in [0.29, 0.717) is 18.5 Å². The molecule has 2 aliphatic heterocycles. The van der Waals surface area contributed by atoms with Crippen LogP contribution in [0.2, 0.25) is 0 Å². The Morgan fingerprint density at radius 3 is 3.00 bits per heavy atom. The van der Waals surface area contributed by atoms with Crippen molar-refractivity contribution in [1.82, 2.24) is 9.80 Å². The summed E-state index contributed by atoms with van der Waals surface area (Å²) in [7, 11) is 0. The molecule has 0 spiro atoms. The van der Waals surface area contributed by atoms with Gasteiger partial charge in [-0.1, -0.05) is 13.0 Å². The molecule has 0 aromatic carbocycles. The first-order valence-corrected chi connectivity index (χ1v) is 8.34. The number of hydrogen-bond donors (Lipinski definition) is 1. The summed E-state index contributed by atoms with van der Waals surface area (Å²) in [5, 5.41) is 2.09. The zero-order chi connectivity index (χ0) is 14.1. The Kier molecular flexibility index (Phi) is 4.10. The molecular formula is C15H23N3OS. The second-order valence-corrected chi connectivity index (χ2v) is 7.08. The van der Waals surface area contributed by atoms with Crippen LogP contribution in [0.3, 0.4) is 0 Å². The van der Waals surface area contributed by atoms with Crippen molar-refractivity contribution in [2.45, 2.75) is 31.8 Å². The molecule has 3 unspecified atom stereocenters. The lowest BCUT2D eigenvalue weighted by Crippen LogP contribution is -2.39. The molecule has 2 saturated heterocycles. The van der Waals surface area contributed by atoms with Gasteiger partial charge in [0, 0.05) is 30.6 Å². The van der Waals surface area contributed by atoms with Gasteiger partial charge in [0.25, 0.3) is 0 Å². The monoisotopic (exact) mass is 293 g/mol. The summed E-state index contributed by atoms with van der Waals surface area (Å²) in [5.74, 6) is 0.761. The van der Waals surface area contributed by atoms with E-state index in [1.165, 1.54) is 4.88 Å². The Morgan fingerprint density at radius 1 is 1.50 bits per heavy atom. The van der Waals surface area contributed by atoms with Gasteiger partial charge in [-0.3, -0.25) is 9.69 Å². The van der Waals surface area contributed by atoms with Crippen LogP contribution in [0.4, 0.5) is 0 Å². The predicted molar refractivity (Wildman–Crippen MR) is 81.6 cm³/mol. The topological polar surface area (TPSA) is 49.6 Å². The van der Waals surface area contributed by atoms with E-state index in [4.69, 9.17) is 5.73 Å². The summed E-state index contributed by atoms with van der Waals surface area (Å²) in [6.07, 6.45) is 2.21. The summed E-state index contributed by atoms with van der Waals surface area (Å²) in [6, 6.07) is 4.74. The lowest BCUT2D eigenvalue weighted by Gasteiger charge is -2.26. The quantitative estimate of drug-likeness (QED) is 0.922. The average Bonchev–Trinajstić information content (AvgIpc) is 3.11. The fourth-order valence-electron chi connectivity index (χ4n) is 3.35. The first-order valence-electron chi connectivity index (χ1n) is 7.46. The molecule has 3 atom stereocenters. The van der Waals surface area contributed by atoms with Crippen LogP contribution < -0.4 is 5.73 Å². The number of amides is 1. The van der Waals surface area contributed by atoms with E-state index in [0.717, 1.165) is 32.5 Å². The van der Waals surface area contributed by atoms with Crippen LogP contribution in [0.25, 0.3) is 0 Å². The zero-order valence-electron chi connectivity index (χ0n) is 12.0. The standard InChI is InChI=1S/C15H23N3OS/c1-11-8-17(9-12(11)16)10-15(19)18-6-2-4-13(18)14-5-3-7-20-14/h3,5,7,11-13H,2,4,6,8-10,16H2,1H3. The first kappa shape index (κ1) is 14.0. The lowest BCUT2D eigenvalue weighted by atomic mass is 10.1. The van der Waals surface area contributed by atoms with Crippen molar-refractivity contribution >= 4 is 17.2 Å². The molecule has 0 radical (unpaired) electrons. The van der Waals surface area contributed by atoms with E-state index in [9.17, 15) is 4.79 Å². The van der Waals surface area contributed by atoms with Crippen LogP contribution >= 0.6 is 11.3 Å². The molecule has 0 saturated carbocycles. The van der Waals surface area contributed by atoms with Gasteiger partial charge in [-0.25, -0.2) is 0 Å². The molecule has 1 amide bonds. The molecule has 1 aromatic heterocycles. The normalized spacial score (nSPS) is 31.1. The van der Waals surface area contributed by atoms with E-state index in [-0.39, 0.29) is 11.9 Å². The summed E-state index contributed by atoms with van der Waals surface area (Å²) >= 11 is 1.76. The third-order valence-electron chi connectivity index (χ3n) is 4.55. The number of hydrogen-bond acceptors (Lipinski definition) is 4. The highest BCUT2D eigenvalue weighted by molar-refractivity contribution is 7.10. The molecule has 0 bridgehead atoms. The molecule has 0 aliphatic carbocycles. The van der Waals surface area contributed by atoms with Crippen molar-refractivity contribution in [2.24, 2.45) is 11.7 Å². The van der Waals surface area contributed by atoms with Crippen molar-refractivity contribution in [3.05, 3.63) is 22.4 Å². The van der Waals surface area contributed by atoms with Gasteiger partial charge in [-0.05, 0) is 30.2 Å². The van der Waals surface area contributed by atoms with Gasteiger partial charge in [0.05, 0.1) is 12.6 Å². The Morgan fingerprint density at radius 2 is 2.35 bits per heavy atom. The van der Waals surface area contributed by atoms with Crippen LogP contribution in [-0.2, 0) is 4.79 Å². The molecule has 3 rings (SSSR count). The highest BCUT2D eigenvalue weighted by atomic mass is 32.1. The SMILES string of the molecule is CC1CN(CC(=O)N2CCCC2c2cccs2)CC1N. The lowest BCUT2D eigenvalue weighted by molar-refractivity contribution is -0.133. The fourth-order valence-corrected chi connectivity index (χ4v) is 4.22. The Bertz CT molecular complexity index is 452. The van der Waals surface area contributed by atoms with Crippen molar-refractivity contribution in [2.75, 3.05) is 26.2 Å². The largest absolute Gasteiger partial charge is 0.334 e. The molecule has 2 N–H and O–H groups in total. The summed E-state index contributed by atoms with van der Waals surface area (Å²) < 4.78 is 0. The minimum absolute atomic E-state index is 0.217. The Hall–Kier alpha value is -0.910. The summed E-state index contributed by atoms with van der Waals surface area (Å²) in [5.41, 5.74) is 6.04. The van der Waals surface area contributed by atoms with Gasteiger partial charge in [-0.15, -0.1) is 11.3 Å². The minimum Gasteiger partial charge on any atom is -0.334 e. The van der Waals surface area contributed by atoms with Crippen LogP contribution in [0.15, 0.2) is 17.5 Å². The van der Waals surface area contributed by atoms with Crippen LogP contribution in [0.1, 0.15) is 30.7 Å². The second-order valence-electron chi connectivity index (χ2n) is 6.10. The maximum atomic E-state index is 12.6. The fraction of sp³-hybridized carbons (Fsp3) is 0.667. The first-order chi connectivity index (χ1) is 9.65. The summed E-state index contributed by atoms with van der Waals surface area (Å²) in [6.45, 7) is 5.39. The third kappa shape index (κ3) is 2.75. The molecule has 4 nitrogen and oxygen atoms in total. The smallest absolute Gasteiger partial charge is 0.237 e. The van der Waals surface area contributed by atoms with Crippen LogP contribution in [0, 0.1) is 5.92 Å². The van der Waals surface area contributed by atoms with Gasteiger partial charge in [0.15, 0.2) is 0 Å². The maximum Gasteiger partial charge on any atom is 0.237 e. The molecule has 110 valence electrons. The predicted octanol–water partition coefficient (Wildman–Crippen LogP) is 1.69. The van der Waals surface area contributed by atoms with E-state index in [2.05, 4.69) is 34.2 Å². The molecular weight excluding hydrogens is 270 g/mol. The van der Waals surface area contributed by atoms with E-state index in [1.54, 1.807) is 11.3 Å². The number of nitrogens with zero attached hydrogens (tertiary/aromatic N) is 2. The Balaban J connectivity index is 1.62. The molecule has 3 heterocycles. The van der Waals surface area contributed by atoms with Crippen molar-refractivity contribution in [3.8, 4) is 0 Å².